The second-order valence-electron chi connectivity index (χ2n) is 8.39. The highest BCUT2D eigenvalue weighted by Gasteiger charge is 2.54. The molecule has 0 amide bonds. The molecule has 1 aromatic heterocycles. The number of aromatic nitrogens is 1. The summed E-state index contributed by atoms with van der Waals surface area (Å²) in [5.41, 5.74) is 5.75. The SMILES string of the molecule is C[C@H]1CC(=O)c2c(N3CC(N)C4(CC4)C3)c(F)cc3c(=O)c(C(=O)O)cn1c23. The zero-order chi connectivity index (χ0) is 20.0. The lowest BCUT2D eigenvalue weighted by molar-refractivity contribution is 0.0694. The topological polar surface area (TPSA) is 106 Å². The normalized spacial score (nSPS) is 25.0. The number of Topliss-reactive ketones (excluding diaryl/α,β-unsaturated/α-hetero) is 1. The maximum absolute atomic E-state index is 15.2. The number of carbonyl (C=O) groups is 2. The fourth-order valence-corrected chi connectivity index (χ4v) is 4.87. The Morgan fingerprint density at radius 3 is 2.68 bits per heavy atom. The number of hydrogen-bond acceptors (Lipinski definition) is 5. The quantitative estimate of drug-likeness (QED) is 0.818. The van der Waals surface area contributed by atoms with Gasteiger partial charge in [-0.05, 0) is 25.8 Å². The van der Waals surface area contributed by atoms with E-state index in [2.05, 4.69) is 0 Å². The number of carboxylic acid groups (broad SMARTS) is 1. The lowest BCUT2D eigenvalue weighted by Crippen LogP contribution is -2.32. The van der Waals surface area contributed by atoms with Crippen molar-refractivity contribution in [3.63, 3.8) is 0 Å². The number of hydrogen-bond donors (Lipinski definition) is 2. The first kappa shape index (κ1) is 17.4. The Hall–Kier alpha value is -2.74. The largest absolute Gasteiger partial charge is 0.477 e. The van der Waals surface area contributed by atoms with Gasteiger partial charge in [-0.25, -0.2) is 9.18 Å². The fraction of sp³-hybridized carbons (Fsp3) is 0.450. The number of carbonyl (C=O) groups excluding carboxylic acids is 1. The van der Waals surface area contributed by atoms with Crippen LogP contribution in [0, 0.1) is 11.2 Å². The molecule has 7 nitrogen and oxygen atoms in total. The first-order chi connectivity index (χ1) is 13.2. The maximum atomic E-state index is 15.2. The van der Waals surface area contributed by atoms with Crippen LogP contribution in [0.4, 0.5) is 10.1 Å². The van der Waals surface area contributed by atoms with E-state index in [4.69, 9.17) is 5.73 Å². The van der Waals surface area contributed by atoms with E-state index in [0.29, 0.717) is 18.6 Å². The van der Waals surface area contributed by atoms with Crippen molar-refractivity contribution in [2.75, 3.05) is 18.0 Å². The van der Waals surface area contributed by atoms with E-state index in [9.17, 15) is 19.5 Å². The number of nitrogens with two attached hydrogens (primary N) is 1. The van der Waals surface area contributed by atoms with Crippen LogP contribution >= 0.6 is 0 Å². The van der Waals surface area contributed by atoms with Crippen LogP contribution in [0.15, 0.2) is 17.1 Å². The Balaban J connectivity index is 1.83. The molecule has 1 spiro atoms. The summed E-state index contributed by atoms with van der Waals surface area (Å²) in [5.74, 6) is -2.28. The van der Waals surface area contributed by atoms with Crippen molar-refractivity contribution >= 4 is 28.3 Å². The van der Waals surface area contributed by atoms with Crippen molar-refractivity contribution in [3.05, 3.63) is 39.4 Å². The Bertz CT molecular complexity index is 1130. The van der Waals surface area contributed by atoms with E-state index in [0.717, 1.165) is 18.9 Å². The lowest BCUT2D eigenvalue weighted by Gasteiger charge is -2.30. The number of rotatable bonds is 2. The molecule has 1 unspecified atom stereocenters. The Labute approximate surface area is 159 Å². The molecule has 3 heterocycles. The minimum Gasteiger partial charge on any atom is -0.477 e. The van der Waals surface area contributed by atoms with Gasteiger partial charge in [0.05, 0.1) is 22.2 Å². The molecule has 8 heteroatoms. The van der Waals surface area contributed by atoms with Gasteiger partial charge in [0.2, 0.25) is 5.43 Å². The summed E-state index contributed by atoms with van der Waals surface area (Å²) in [6.45, 7) is 2.82. The van der Waals surface area contributed by atoms with Gasteiger partial charge in [-0.2, -0.15) is 0 Å². The summed E-state index contributed by atoms with van der Waals surface area (Å²) in [5, 5.41) is 9.30. The van der Waals surface area contributed by atoms with Crippen molar-refractivity contribution in [1.82, 2.24) is 4.57 Å². The summed E-state index contributed by atoms with van der Waals surface area (Å²) in [7, 11) is 0. The second-order valence-corrected chi connectivity index (χ2v) is 8.39. The van der Waals surface area contributed by atoms with Crippen LogP contribution in [0.3, 0.4) is 0 Å². The summed E-state index contributed by atoms with van der Waals surface area (Å²) >= 11 is 0. The number of halogens is 1. The molecule has 0 radical (unpaired) electrons. The number of pyridine rings is 1. The Kier molecular flexibility index (Phi) is 3.35. The number of anilines is 1. The molecule has 0 bridgehead atoms. The van der Waals surface area contributed by atoms with E-state index < -0.39 is 22.8 Å². The van der Waals surface area contributed by atoms with Gasteiger partial charge in [0, 0.05) is 43.2 Å². The average molecular weight is 385 g/mol. The minimum absolute atomic E-state index is 0.00798. The number of aromatic carboxylic acids is 1. The molecule has 28 heavy (non-hydrogen) atoms. The zero-order valence-corrected chi connectivity index (χ0v) is 15.4. The van der Waals surface area contributed by atoms with Gasteiger partial charge in [0.1, 0.15) is 11.4 Å². The van der Waals surface area contributed by atoms with Crippen LogP contribution in [0.5, 0.6) is 0 Å². The number of ketones is 1. The van der Waals surface area contributed by atoms with Crippen LogP contribution in [0.1, 0.15) is 52.9 Å². The first-order valence-electron chi connectivity index (χ1n) is 9.42. The van der Waals surface area contributed by atoms with Gasteiger partial charge in [-0.15, -0.1) is 0 Å². The maximum Gasteiger partial charge on any atom is 0.341 e. The van der Waals surface area contributed by atoms with Crippen molar-refractivity contribution in [3.8, 4) is 0 Å². The molecule has 146 valence electrons. The molecule has 1 aromatic carbocycles. The van der Waals surface area contributed by atoms with Crippen LogP contribution < -0.4 is 16.1 Å². The van der Waals surface area contributed by atoms with E-state index in [1.165, 1.54) is 6.20 Å². The summed E-state index contributed by atoms with van der Waals surface area (Å²) in [4.78, 5) is 38.9. The highest BCUT2D eigenvalue weighted by Crippen LogP contribution is 2.53. The molecule has 2 aromatic rings. The van der Waals surface area contributed by atoms with Crippen molar-refractivity contribution in [2.24, 2.45) is 11.1 Å². The molecule has 2 aliphatic heterocycles. The third-order valence-corrected chi connectivity index (χ3v) is 6.62. The van der Waals surface area contributed by atoms with Crippen LogP contribution in [-0.4, -0.2) is 40.6 Å². The molecule has 1 aliphatic carbocycles. The molecule has 1 saturated carbocycles. The molecule has 2 fully saturated rings. The molecule has 2 atom stereocenters. The molecule has 5 rings (SSSR count). The molecule has 1 saturated heterocycles. The van der Waals surface area contributed by atoms with Gasteiger partial charge in [0.15, 0.2) is 5.78 Å². The Morgan fingerprint density at radius 2 is 2.07 bits per heavy atom. The van der Waals surface area contributed by atoms with E-state index >= 15 is 4.39 Å². The highest BCUT2D eigenvalue weighted by atomic mass is 19.1. The van der Waals surface area contributed by atoms with Crippen molar-refractivity contribution in [1.29, 1.82) is 0 Å². The summed E-state index contributed by atoms with van der Waals surface area (Å²) in [6.07, 6.45) is 3.37. The standard InChI is InChI=1S/C20H20FN3O4/c1-9-4-13(25)15-16-10(18(26)11(19(27)28)6-24(9)16)5-12(21)17(15)23-7-14(22)20(8-23)2-3-20/h5-6,9,14H,2-4,7-8,22H2,1H3,(H,27,28)/t9-,14?/m0/s1. The first-order valence-corrected chi connectivity index (χ1v) is 9.42. The van der Waals surface area contributed by atoms with Gasteiger partial charge >= 0.3 is 5.97 Å². The Morgan fingerprint density at radius 1 is 1.36 bits per heavy atom. The predicted octanol–water partition coefficient (Wildman–Crippen LogP) is 1.91. The molecule has 3 aliphatic rings. The average Bonchev–Trinajstić information content (AvgIpc) is 3.33. The summed E-state index contributed by atoms with van der Waals surface area (Å²) < 4.78 is 16.9. The van der Waals surface area contributed by atoms with Crippen molar-refractivity contribution in [2.45, 2.75) is 38.3 Å². The third kappa shape index (κ3) is 2.15. The van der Waals surface area contributed by atoms with Crippen molar-refractivity contribution < 1.29 is 19.1 Å². The smallest absolute Gasteiger partial charge is 0.341 e. The van der Waals surface area contributed by atoms with E-state index in [1.54, 1.807) is 11.5 Å². The predicted molar refractivity (Wildman–Crippen MR) is 101 cm³/mol. The van der Waals surface area contributed by atoms with Gasteiger partial charge < -0.3 is 20.3 Å². The zero-order valence-electron chi connectivity index (χ0n) is 15.4. The molecular formula is C20H20FN3O4. The van der Waals surface area contributed by atoms with E-state index in [1.807, 2.05) is 4.90 Å². The number of benzene rings is 1. The van der Waals surface area contributed by atoms with Gasteiger partial charge in [0.25, 0.3) is 0 Å². The lowest BCUT2D eigenvalue weighted by atomic mass is 9.92. The molecule has 3 N–H and O–H groups in total. The highest BCUT2D eigenvalue weighted by molar-refractivity contribution is 6.13. The van der Waals surface area contributed by atoms with Gasteiger partial charge in [-0.3, -0.25) is 9.59 Å². The van der Waals surface area contributed by atoms with Crippen LogP contribution in [-0.2, 0) is 0 Å². The monoisotopic (exact) mass is 385 g/mol. The fourth-order valence-electron chi connectivity index (χ4n) is 4.87. The molecular weight excluding hydrogens is 365 g/mol. The van der Waals surface area contributed by atoms with Crippen LogP contribution in [0.2, 0.25) is 0 Å². The minimum atomic E-state index is -1.37. The third-order valence-electron chi connectivity index (χ3n) is 6.62. The number of carboxylic acids is 1. The second kappa shape index (κ2) is 5.41. The van der Waals surface area contributed by atoms with E-state index in [-0.39, 0.29) is 46.3 Å². The number of nitrogens with zero attached hydrogens (tertiary/aromatic N) is 2. The summed E-state index contributed by atoms with van der Waals surface area (Å²) in [6, 6.07) is 0.674. The van der Waals surface area contributed by atoms with Crippen LogP contribution in [0.25, 0.3) is 10.9 Å². The van der Waals surface area contributed by atoms with Gasteiger partial charge in [-0.1, -0.05) is 0 Å².